The van der Waals surface area contributed by atoms with E-state index in [1.807, 2.05) is 12.1 Å². The van der Waals surface area contributed by atoms with E-state index >= 15 is 0 Å². The van der Waals surface area contributed by atoms with Gasteiger partial charge in [0.2, 0.25) is 0 Å². The van der Waals surface area contributed by atoms with Crippen LogP contribution in [0.5, 0.6) is 5.75 Å². The van der Waals surface area contributed by atoms with Crippen LogP contribution in [-0.2, 0) is 4.79 Å². The topological polar surface area (TPSA) is 46.5 Å². The second-order valence-corrected chi connectivity index (χ2v) is 5.07. The number of rotatable bonds is 3. The number of hydrogen-bond acceptors (Lipinski definition) is 2. The lowest BCUT2D eigenvalue weighted by Crippen LogP contribution is -2.08. The monoisotopic (exact) mass is 232 g/mol. The van der Waals surface area contributed by atoms with Gasteiger partial charge in [0, 0.05) is 0 Å². The Labute approximate surface area is 100 Å². The van der Waals surface area contributed by atoms with Crippen LogP contribution in [0.3, 0.4) is 0 Å². The molecule has 17 heavy (non-hydrogen) atoms. The standard InChI is InChI=1S/C14H16O3/c1-17-9-4-5-10-11(8-2-3-8)7-13(14(15)16)12(10)6-9/h4-6,8,11,13H,2-3,7H2,1H3,(H,15,16). The molecule has 1 aromatic rings. The highest BCUT2D eigenvalue weighted by Gasteiger charge is 2.42. The fraction of sp³-hybridized carbons (Fsp3) is 0.500. The molecule has 2 atom stereocenters. The number of carboxylic acids is 1. The first kappa shape index (κ1) is 10.6. The number of ether oxygens (including phenoxy) is 1. The summed E-state index contributed by atoms with van der Waals surface area (Å²) in [6.07, 6.45) is 3.27. The van der Waals surface area contributed by atoms with Crippen LogP contribution in [0.25, 0.3) is 0 Å². The Morgan fingerprint density at radius 1 is 1.35 bits per heavy atom. The number of aliphatic carboxylic acids is 1. The summed E-state index contributed by atoms with van der Waals surface area (Å²) >= 11 is 0. The Kier molecular flexibility index (Phi) is 2.35. The molecule has 90 valence electrons. The molecule has 0 spiro atoms. The second-order valence-electron chi connectivity index (χ2n) is 5.07. The molecule has 0 bridgehead atoms. The van der Waals surface area contributed by atoms with Crippen molar-refractivity contribution in [1.29, 1.82) is 0 Å². The molecule has 1 N–H and O–H groups in total. The van der Waals surface area contributed by atoms with Gasteiger partial charge in [-0.1, -0.05) is 6.07 Å². The Morgan fingerprint density at radius 2 is 2.12 bits per heavy atom. The van der Waals surface area contributed by atoms with Gasteiger partial charge in [0.1, 0.15) is 5.75 Å². The van der Waals surface area contributed by atoms with Crippen LogP contribution >= 0.6 is 0 Å². The van der Waals surface area contributed by atoms with Gasteiger partial charge in [0.25, 0.3) is 0 Å². The molecule has 2 unspecified atom stereocenters. The highest BCUT2D eigenvalue weighted by Crippen LogP contribution is 2.53. The van der Waals surface area contributed by atoms with Gasteiger partial charge < -0.3 is 9.84 Å². The summed E-state index contributed by atoms with van der Waals surface area (Å²) in [5.74, 6) is 0.878. The van der Waals surface area contributed by atoms with Crippen LogP contribution in [0, 0.1) is 5.92 Å². The summed E-state index contributed by atoms with van der Waals surface area (Å²) in [5.41, 5.74) is 2.20. The smallest absolute Gasteiger partial charge is 0.311 e. The van der Waals surface area contributed by atoms with Crippen molar-refractivity contribution >= 4 is 5.97 Å². The third-order valence-corrected chi connectivity index (χ3v) is 4.05. The van der Waals surface area contributed by atoms with Gasteiger partial charge in [0.15, 0.2) is 0 Å². The fourth-order valence-corrected chi connectivity index (χ4v) is 3.01. The minimum absolute atomic E-state index is 0.342. The van der Waals surface area contributed by atoms with Crippen LogP contribution in [0.15, 0.2) is 18.2 Å². The predicted molar refractivity (Wildman–Crippen MR) is 63.5 cm³/mol. The zero-order chi connectivity index (χ0) is 12.0. The van der Waals surface area contributed by atoms with E-state index in [0.29, 0.717) is 11.8 Å². The van der Waals surface area contributed by atoms with Crippen LogP contribution < -0.4 is 4.74 Å². The number of carboxylic acid groups (broad SMARTS) is 1. The van der Waals surface area contributed by atoms with E-state index < -0.39 is 5.97 Å². The third-order valence-electron chi connectivity index (χ3n) is 4.05. The maximum absolute atomic E-state index is 11.3. The van der Waals surface area contributed by atoms with Gasteiger partial charge in [-0.3, -0.25) is 4.79 Å². The Bertz CT molecular complexity index is 463. The molecule has 3 rings (SSSR count). The Hall–Kier alpha value is -1.51. The van der Waals surface area contributed by atoms with E-state index in [1.54, 1.807) is 7.11 Å². The number of hydrogen-bond donors (Lipinski definition) is 1. The lowest BCUT2D eigenvalue weighted by molar-refractivity contribution is -0.138. The van der Waals surface area contributed by atoms with Crippen molar-refractivity contribution in [3.63, 3.8) is 0 Å². The SMILES string of the molecule is COc1ccc2c(c1)C(C(=O)O)CC2C1CC1. The van der Waals surface area contributed by atoms with Gasteiger partial charge in [0.05, 0.1) is 13.0 Å². The predicted octanol–water partition coefficient (Wildman–Crippen LogP) is 2.76. The van der Waals surface area contributed by atoms with E-state index in [1.165, 1.54) is 18.4 Å². The average Bonchev–Trinajstić information content (AvgIpc) is 3.09. The first-order valence-corrected chi connectivity index (χ1v) is 6.11. The molecule has 1 aromatic carbocycles. The highest BCUT2D eigenvalue weighted by atomic mass is 16.5. The van der Waals surface area contributed by atoms with Crippen molar-refractivity contribution in [2.24, 2.45) is 5.92 Å². The fourth-order valence-electron chi connectivity index (χ4n) is 3.01. The van der Waals surface area contributed by atoms with Gasteiger partial charge in [-0.2, -0.15) is 0 Å². The molecule has 2 aliphatic rings. The maximum Gasteiger partial charge on any atom is 0.311 e. The summed E-state index contributed by atoms with van der Waals surface area (Å²) < 4.78 is 5.19. The van der Waals surface area contributed by atoms with Gasteiger partial charge in [-0.25, -0.2) is 0 Å². The van der Waals surface area contributed by atoms with Crippen molar-refractivity contribution < 1.29 is 14.6 Å². The quantitative estimate of drug-likeness (QED) is 0.871. The van der Waals surface area contributed by atoms with Crippen LogP contribution in [0.1, 0.15) is 42.2 Å². The molecule has 2 aliphatic carbocycles. The van der Waals surface area contributed by atoms with E-state index in [0.717, 1.165) is 17.7 Å². The zero-order valence-corrected chi connectivity index (χ0v) is 9.85. The minimum atomic E-state index is -0.706. The third kappa shape index (κ3) is 1.70. The Morgan fingerprint density at radius 3 is 2.71 bits per heavy atom. The molecule has 1 saturated carbocycles. The summed E-state index contributed by atoms with van der Waals surface area (Å²) in [6, 6.07) is 5.90. The highest BCUT2D eigenvalue weighted by molar-refractivity contribution is 5.78. The molecule has 3 heteroatoms. The van der Waals surface area contributed by atoms with E-state index in [-0.39, 0.29) is 5.92 Å². The van der Waals surface area contributed by atoms with E-state index in [4.69, 9.17) is 4.74 Å². The lowest BCUT2D eigenvalue weighted by atomic mass is 9.96. The molecule has 0 radical (unpaired) electrons. The summed E-state index contributed by atoms with van der Waals surface area (Å²) in [5, 5.41) is 9.30. The maximum atomic E-state index is 11.3. The number of carbonyl (C=O) groups is 1. The first-order valence-electron chi connectivity index (χ1n) is 6.11. The second kappa shape index (κ2) is 3.76. The van der Waals surface area contributed by atoms with Crippen molar-refractivity contribution in [2.75, 3.05) is 7.11 Å². The molecule has 0 saturated heterocycles. The zero-order valence-electron chi connectivity index (χ0n) is 9.85. The Balaban J connectivity index is 2.03. The van der Waals surface area contributed by atoms with Crippen molar-refractivity contribution in [1.82, 2.24) is 0 Å². The van der Waals surface area contributed by atoms with E-state index in [9.17, 15) is 9.90 Å². The molecule has 0 amide bonds. The summed E-state index contributed by atoms with van der Waals surface area (Å²) in [4.78, 5) is 11.3. The lowest BCUT2D eigenvalue weighted by Gasteiger charge is -2.09. The van der Waals surface area contributed by atoms with Gasteiger partial charge in [-0.15, -0.1) is 0 Å². The number of benzene rings is 1. The van der Waals surface area contributed by atoms with Gasteiger partial charge >= 0.3 is 5.97 Å². The first-order chi connectivity index (χ1) is 8.20. The average molecular weight is 232 g/mol. The molecule has 0 heterocycles. The van der Waals surface area contributed by atoms with Gasteiger partial charge in [-0.05, 0) is 54.4 Å². The normalized spacial score (nSPS) is 26.6. The molecule has 0 aromatic heterocycles. The molecule has 0 aliphatic heterocycles. The largest absolute Gasteiger partial charge is 0.497 e. The molecule has 1 fully saturated rings. The van der Waals surface area contributed by atoms with Crippen molar-refractivity contribution in [3.05, 3.63) is 29.3 Å². The number of methoxy groups -OCH3 is 1. The van der Waals surface area contributed by atoms with Crippen LogP contribution in [0.4, 0.5) is 0 Å². The van der Waals surface area contributed by atoms with Crippen molar-refractivity contribution in [2.45, 2.75) is 31.1 Å². The molecular weight excluding hydrogens is 216 g/mol. The minimum Gasteiger partial charge on any atom is -0.497 e. The van der Waals surface area contributed by atoms with Crippen LogP contribution in [-0.4, -0.2) is 18.2 Å². The van der Waals surface area contributed by atoms with E-state index in [2.05, 4.69) is 6.07 Å². The molecular formula is C14H16O3. The van der Waals surface area contributed by atoms with Crippen LogP contribution in [0.2, 0.25) is 0 Å². The molecule has 3 nitrogen and oxygen atoms in total. The number of fused-ring (bicyclic) bond motifs is 1. The summed E-state index contributed by atoms with van der Waals surface area (Å²) in [6.45, 7) is 0. The summed E-state index contributed by atoms with van der Waals surface area (Å²) in [7, 11) is 1.62. The van der Waals surface area contributed by atoms with Crippen molar-refractivity contribution in [3.8, 4) is 5.75 Å².